The molecule has 228 valence electrons. The van der Waals surface area contributed by atoms with Crippen molar-refractivity contribution in [1.82, 2.24) is 15.5 Å². The summed E-state index contributed by atoms with van der Waals surface area (Å²) in [5.41, 5.74) is 1.52. The van der Waals surface area contributed by atoms with Crippen LogP contribution in [0, 0.1) is 0 Å². The Bertz CT molecular complexity index is 1040. The number of hydrogen-bond donors (Lipinski definition) is 4. The Morgan fingerprint density at radius 2 is 1.63 bits per heavy atom. The van der Waals surface area contributed by atoms with E-state index in [-0.39, 0.29) is 55.7 Å². The van der Waals surface area contributed by atoms with Crippen molar-refractivity contribution >= 4 is 23.7 Å². The standard InChI is InChI=1S/C31H47N3O7/c1-31(2,3)41-28(38)17-13-22-10-8-21(9-11-22)12-16-27(37)33-25-7-5-4-6-23-14-15-26(34(23)30(25)40)29(39)32-19-18-24(36)20-35/h8-11,23-26,35-36H,4-7,12-20H2,1-3H3,(H,32,39)(H,33,37)/t23-,24-,25-,26-/m0/s1. The zero-order valence-corrected chi connectivity index (χ0v) is 24.7. The van der Waals surface area contributed by atoms with Gasteiger partial charge in [0.15, 0.2) is 0 Å². The van der Waals surface area contributed by atoms with Gasteiger partial charge in [0.2, 0.25) is 17.7 Å². The van der Waals surface area contributed by atoms with Crippen molar-refractivity contribution in [2.24, 2.45) is 0 Å². The van der Waals surface area contributed by atoms with Gasteiger partial charge in [0.05, 0.1) is 12.7 Å². The van der Waals surface area contributed by atoms with E-state index in [4.69, 9.17) is 9.84 Å². The van der Waals surface area contributed by atoms with Crippen LogP contribution in [0.5, 0.6) is 0 Å². The fourth-order valence-electron chi connectivity index (χ4n) is 5.53. The van der Waals surface area contributed by atoms with Crippen LogP contribution in [0.3, 0.4) is 0 Å². The lowest BCUT2D eigenvalue weighted by Gasteiger charge is -2.35. The van der Waals surface area contributed by atoms with Gasteiger partial charge in [-0.15, -0.1) is 0 Å². The molecule has 3 amide bonds. The quantitative estimate of drug-likeness (QED) is 0.281. The number of benzene rings is 1. The van der Waals surface area contributed by atoms with Gasteiger partial charge in [-0.25, -0.2) is 0 Å². The number of fused-ring (bicyclic) bond motifs is 1. The number of amides is 3. The van der Waals surface area contributed by atoms with E-state index in [2.05, 4.69) is 10.6 Å². The van der Waals surface area contributed by atoms with Gasteiger partial charge < -0.3 is 30.5 Å². The third kappa shape index (κ3) is 10.4. The molecule has 0 unspecified atom stereocenters. The summed E-state index contributed by atoms with van der Waals surface area (Å²) in [5.74, 6) is -0.892. The van der Waals surface area contributed by atoms with E-state index in [1.54, 1.807) is 4.90 Å². The minimum Gasteiger partial charge on any atom is -0.460 e. The van der Waals surface area contributed by atoms with Crippen molar-refractivity contribution in [1.29, 1.82) is 0 Å². The van der Waals surface area contributed by atoms with Gasteiger partial charge in [0.1, 0.15) is 17.7 Å². The third-order valence-corrected chi connectivity index (χ3v) is 7.66. The van der Waals surface area contributed by atoms with Crippen LogP contribution in [0.25, 0.3) is 0 Å². The Balaban J connectivity index is 1.50. The van der Waals surface area contributed by atoms with Crippen LogP contribution in [0.1, 0.15) is 89.7 Å². The van der Waals surface area contributed by atoms with Crippen molar-refractivity contribution in [3.05, 3.63) is 35.4 Å². The number of esters is 1. The molecular formula is C31H47N3O7. The highest BCUT2D eigenvalue weighted by Crippen LogP contribution is 2.31. The molecule has 0 aromatic heterocycles. The summed E-state index contributed by atoms with van der Waals surface area (Å²) < 4.78 is 5.35. The van der Waals surface area contributed by atoms with Gasteiger partial charge in [-0.3, -0.25) is 19.2 Å². The SMILES string of the molecule is CC(C)(C)OC(=O)CCc1ccc(CCC(=O)N[C@H]2CCCC[C@H]3CC[C@@H](C(=O)NCC[C@H](O)CO)N3C2=O)cc1. The average molecular weight is 574 g/mol. The summed E-state index contributed by atoms with van der Waals surface area (Å²) in [7, 11) is 0. The van der Waals surface area contributed by atoms with Crippen LogP contribution >= 0.6 is 0 Å². The van der Waals surface area contributed by atoms with E-state index in [0.29, 0.717) is 32.1 Å². The lowest BCUT2D eigenvalue weighted by molar-refractivity contribution is -0.154. The van der Waals surface area contributed by atoms with Gasteiger partial charge in [-0.1, -0.05) is 37.1 Å². The predicted octanol–water partition coefficient (Wildman–Crippen LogP) is 2.17. The zero-order valence-electron chi connectivity index (χ0n) is 24.7. The maximum Gasteiger partial charge on any atom is 0.306 e. The fraction of sp³-hybridized carbons (Fsp3) is 0.677. The maximum absolute atomic E-state index is 13.6. The highest BCUT2D eigenvalue weighted by molar-refractivity contribution is 5.93. The van der Waals surface area contributed by atoms with Gasteiger partial charge >= 0.3 is 5.97 Å². The molecule has 1 aromatic rings. The van der Waals surface area contributed by atoms with Gasteiger partial charge in [-0.05, 0) is 76.8 Å². The van der Waals surface area contributed by atoms with E-state index in [1.807, 2.05) is 45.0 Å². The molecule has 10 nitrogen and oxygen atoms in total. The van der Waals surface area contributed by atoms with Crippen molar-refractivity contribution in [3.8, 4) is 0 Å². The number of hydrogen-bond acceptors (Lipinski definition) is 7. The Morgan fingerprint density at radius 3 is 2.27 bits per heavy atom. The lowest BCUT2D eigenvalue weighted by Crippen LogP contribution is -2.56. The molecule has 2 aliphatic heterocycles. The lowest BCUT2D eigenvalue weighted by atomic mass is 9.98. The summed E-state index contributed by atoms with van der Waals surface area (Å²) in [6, 6.07) is 6.55. The molecule has 4 N–H and O–H groups in total. The Hall–Kier alpha value is -2.98. The largest absolute Gasteiger partial charge is 0.460 e. The first kappa shape index (κ1) is 32.5. The van der Waals surface area contributed by atoms with Crippen molar-refractivity contribution in [2.45, 2.75) is 121 Å². The number of carbonyl (C=O) groups excluding carboxylic acids is 4. The number of carbonyl (C=O) groups is 4. The van der Waals surface area contributed by atoms with Crippen LogP contribution in [0.2, 0.25) is 0 Å². The van der Waals surface area contributed by atoms with E-state index in [1.165, 1.54) is 0 Å². The third-order valence-electron chi connectivity index (χ3n) is 7.66. The highest BCUT2D eigenvalue weighted by atomic mass is 16.6. The molecule has 10 heteroatoms. The number of rotatable bonds is 12. The second kappa shape index (κ2) is 15.3. The Kier molecular flexibility index (Phi) is 12.1. The summed E-state index contributed by atoms with van der Waals surface area (Å²) in [6.45, 7) is 5.39. The van der Waals surface area contributed by atoms with Crippen LogP contribution < -0.4 is 10.6 Å². The van der Waals surface area contributed by atoms with Gasteiger partial charge in [0, 0.05) is 25.4 Å². The summed E-state index contributed by atoms with van der Waals surface area (Å²) in [5, 5.41) is 24.2. The minimum absolute atomic E-state index is 0.0187. The molecule has 0 bridgehead atoms. The summed E-state index contributed by atoms with van der Waals surface area (Å²) in [6.07, 6.45) is 5.46. The van der Waals surface area contributed by atoms with Crippen molar-refractivity contribution in [2.75, 3.05) is 13.2 Å². The topological polar surface area (TPSA) is 145 Å². The smallest absolute Gasteiger partial charge is 0.306 e. The highest BCUT2D eigenvalue weighted by Gasteiger charge is 2.43. The number of nitrogens with one attached hydrogen (secondary N) is 2. The molecule has 2 fully saturated rings. The van der Waals surface area contributed by atoms with Crippen LogP contribution in [0.15, 0.2) is 24.3 Å². The van der Waals surface area contributed by atoms with Crippen molar-refractivity contribution in [3.63, 3.8) is 0 Å². The first-order valence-corrected chi connectivity index (χ1v) is 14.9. The maximum atomic E-state index is 13.6. The molecule has 2 aliphatic rings. The van der Waals surface area contributed by atoms with E-state index in [9.17, 15) is 24.3 Å². The van der Waals surface area contributed by atoms with Crippen LogP contribution in [-0.2, 0) is 36.8 Å². The molecule has 1 aromatic carbocycles. The summed E-state index contributed by atoms with van der Waals surface area (Å²) in [4.78, 5) is 53.0. The minimum atomic E-state index is -0.892. The van der Waals surface area contributed by atoms with Gasteiger partial charge in [-0.2, -0.15) is 0 Å². The molecule has 0 aliphatic carbocycles. The van der Waals surface area contributed by atoms with E-state index >= 15 is 0 Å². The molecule has 4 atom stereocenters. The monoisotopic (exact) mass is 573 g/mol. The number of ether oxygens (including phenoxy) is 1. The Labute approximate surface area is 243 Å². The van der Waals surface area contributed by atoms with Crippen LogP contribution in [-0.4, -0.2) is 81.8 Å². The molecule has 0 saturated carbocycles. The number of aryl methyl sites for hydroxylation is 2. The first-order valence-electron chi connectivity index (χ1n) is 14.9. The van der Waals surface area contributed by atoms with Crippen molar-refractivity contribution < 1.29 is 34.1 Å². The normalized spacial score (nSPS) is 21.8. The second-order valence-electron chi connectivity index (χ2n) is 12.2. The summed E-state index contributed by atoms with van der Waals surface area (Å²) >= 11 is 0. The fourth-order valence-corrected chi connectivity index (χ4v) is 5.53. The molecule has 3 rings (SSSR count). The molecule has 41 heavy (non-hydrogen) atoms. The first-order chi connectivity index (χ1) is 19.5. The Morgan fingerprint density at radius 1 is 1.00 bits per heavy atom. The second-order valence-corrected chi connectivity index (χ2v) is 12.2. The van der Waals surface area contributed by atoms with E-state index < -0.39 is 23.8 Å². The number of aliphatic hydroxyl groups excluding tert-OH is 2. The number of aliphatic hydroxyl groups is 2. The average Bonchev–Trinajstić information content (AvgIpc) is 3.34. The molecule has 2 heterocycles. The zero-order chi connectivity index (χ0) is 30.0. The van der Waals surface area contributed by atoms with Gasteiger partial charge in [0.25, 0.3) is 0 Å². The number of nitrogens with zero attached hydrogens (tertiary/aromatic N) is 1. The van der Waals surface area contributed by atoms with E-state index in [0.717, 1.165) is 36.8 Å². The molecular weight excluding hydrogens is 526 g/mol. The molecule has 0 radical (unpaired) electrons. The van der Waals surface area contributed by atoms with Crippen LogP contribution in [0.4, 0.5) is 0 Å². The molecule has 0 spiro atoms. The predicted molar refractivity (Wildman–Crippen MR) is 154 cm³/mol. The molecule has 2 saturated heterocycles.